The highest BCUT2D eigenvalue weighted by Gasteiger charge is 2.31. The van der Waals surface area contributed by atoms with E-state index in [4.69, 9.17) is 15.2 Å². The molecule has 0 aromatic carbocycles. The molecule has 19 heavy (non-hydrogen) atoms. The summed E-state index contributed by atoms with van der Waals surface area (Å²) in [5, 5.41) is 2.72. The molecule has 1 aromatic rings. The number of nitrogen functional groups attached to an aromatic ring is 1. The molecule has 3 N–H and O–H groups in total. The molecule has 5 nitrogen and oxygen atoms in total. The number of rotatable bonds is 7. The maximum absolute atomic E-state index is 12.5. The molecule has 0 unspecified atom stereocenters. The molecule has 0 amide bonds. The van der Waals surface area contributed by atoms with Gasteiger partial charge < -0.3 is 20.5 Å². The molecule has 0 aliphatic carbocycles. The number of pyridine rings is 1. The van der Waals surface area contributed by atoms with Crippen molar-refractivity contribution >= 4 is 11.6 Å². The highest BCUT2D eigenvalue weighted by Crippen LogP contribution is 2.31. The van der Waals surface area contributed by atoms with Gasteiger partial charge in [0.2, 0.25) is 0 Å². The molecule has 0 fully saturated rings. The molecule has 0 aliphatic heterocycles. The lowest BCUT2D eigenvalue weighted by Gasteiger charge is -2.11. The minimum atomic E-state index is -4.44. The van der Waals surface area contributed by atoms with Crippen LogP contribution >= 0.6 is 0 Å². The lowest BCUT2D eigenvalue weighted by atomic mass is 10.2. The van der Waals surface area contributed by atoms with Gasteiger partial charge in [0.15, 0.2) is 0 Å². The molecule has 0 saturated heterocycles. The lowest BCUT2D eigenvalue weighted by molar-refractivity contribution is -0.137. The Labute approximate surface area is 108 Å². The van der Waals surface area contributed by atoms with Gasteiger partial charge in [-0.2, -0.15) is 13.2 Å². The fraction of sp³-hybridized carbons (Fsp3) is 0.545. The first-order chi connectivity index (χ1) is 8.93. The van der Waals surface area contributed by atoms with Gasteiger partial charge in [0.1, 0.15) is 11.6 Å². The van der Waals surface area contributed by atoms with Crippen LogP contribution in [-0.4, -0.2) is 38.5 Å². The summed E-state index contributed by atoms with van der Waals surface area (Å²) in [6.45, 7) is 1.56. The molecule has 0 radical (unpaired) electrons. The van der Waals surface area contributed by atoms with Crippen LogP contribution in [0.2, 0.25) is 0 Å². The van der Waals surface area contributed by atoms with Gasteiger partial charge in [-0.25, -0.2) is 4.98 Å². The summed E-state index contributed by atoms with van der Waals surface area (Å²) in [5.41, 5.74) is 4.50. The predicted molar refractivity (Wildman–Crippen MR) is 64.8 cm³/mol. The Morgan fingerprint density at radius 1 is 1.26 bits per heavy atom. The summed E-state index contributed by atoms with van der Waals surface area (Å²) in [4.78, 5) is 3.77. The number of nitrogens with zero attached hydrogens (tertiary/aromatic N) is 1. The number of hydrogen-bond acceptors (Lipinski definition) is 5. The number of ether oxygens (including phenoxy) is 2. The van der Waals surface area contributed by atoms with E-state index in [1.807, 2.05) is 0 Å². The molecule has 8 heteroatoms. The fourth-order valence-electron chi connectivity index (χ4n) is 1.30. The van der Waals surface area contributed by atoms with E-state index >= 15 is 0 Å². The van der Waals surface area contributed by atoms with Crippen LogP contribution in [0.4, 0.5) is 24.8 Å². The molecule has 0 saturated carbocycles. The number of nitrogens with two attached hydrogens (primary N) is 1. The number of hydrogen-bond donors (Lipinski definition) is 2. The highest BCUT2D eigenvalue weighted by molar-refractivity contribution is 5.47. The van der Waals surface area contributed by atoms with Crippen LogP contribution in [0.25, 0.3) is 0 Å². The zero-order chi connectivity index (χ0) is 14.3. The van der Waals surface area contributed by atoms with Crippen LogP contribution in [0.5, 0.6) is 0 Å². The standard InChI is InChI=1S/C11H16F3N3O2/c1-18-4-5-19-3-2-16-10-7-8(11(12,13)14)6-9(15)17-10/h6-7H,2-5H2,1H3,(H3,15,16,17). The number of anilines is 2. The first kappa shape index (κ1) is 15.5. The van der Waals surface area contributed by atoms with Crippen molar-refractivity contribution in [3.63, 3.8) is 0 Å². The van der Waals surface area contributed by atoms with E-state index in [0.29, 0.717) is 26.4 Å². The highest BCUT2D eigenvalue weighted by atomic mass is 19.4. The Bertz CT molecular complexity index is 399. The van der Waals surface area contributed by atoms with Crippen LogP contribution < -0.4 is 11.1 Å². The van der Waals surface area contributed by atoms with Gasteiger partial charge in [-0.3, -0.25) is 0 Å². The number of aromatic nitrogens is 1. The molecule has 1 aromatic heterocycles. The smallest absolute Gasteiger partial charge is 0.384 e. The third-order valence-electron chi connectivity index (χ3n) is 2.16. The number of nitrogens with one attached hydrogen (secondary N) is 1. The Kier molecular flexibility index (Phi) is 5.84. The van der Waals surface area contributed by atoms with Crippen molar-refractivity contribution in [1.82, 2.24) is 4.98 Å². The molecule has 0 bridgehead atoms. The Hall–Kier alpha value is -1.54. The Morgan fingerprint density at radius 3 is 2.63 bits per heavy atom. The summed E-state index contributed by atoms with van der Waals surface area (Å²) in [7, 11) is 1.55. The second-order valence-electron chi connectivity index (χ2n) is 3.70. The van der Waals surface area contributed by atoms with E-state index in [1.54, 1.807) is 7.11 Å². The topological polar surface area (TPSA) is 69.4 Å². The van der Waals surface area contributed by atoms with Crippen molar-refractivity contribution in [3.05, 3.63) is 17.7 Å². The van der Waals surface area contributed by atoms with Crippen LogP contribution in [0, 0.1) is 0 Å². The van der Waals surface area contributed by atoms with E-state index in [1.165, 1.54) is 0 Å². The summed E-state index contributed by atoms with van der Waals surface area (Å²) < 4.78 is 47.5. The summed E-state index contributed by atoms with van der Waals surface area (Å²) in [6, 6.07) is 1.70. The number of alkyl halides is 3. The van der Waals surface area contributed by atoms with Crippen LogP contribution in [-0.2, 0) is 15.7 Å². The van der Waals surface area contributed by atoms with E-state index in [0.717, 1.165) is 12.1 Å². The SMILES string of the molecule is COCCOCCNc1cc(C(F)(F)F)cc(N)n1. The zero-order valence-electron chi connectivity index (χ0n) is 10.5. The van der Waals surface area contributed by atoms with E-state index in [2.05, 4.69) is 10.3 Å². The second-order valence-corrected chi connectivity index (χ2v) is 3.70. The maximum atomic E-state index is 12.5. The average Bonchev–Trinajstić information content (AvgIpc) is 2.32. The van der Waals surface area contributed by atoms with Gasteiger partial charge in [-0.05, 0) is 12.1 Å². The van der Waals surface area contributed by atoms with Gasteiger partial charge in [-0.15, -0.1) is 0 Å². The average molecular weight is 279 g/mol. The maximum Gasteiger partial charge on any atom is 0.416 e. The third kappa shape index (κ3) is 5.75. The van der Waals surface area contributed by atoms with Crippen LogP contribution in [0.15, 0.2) is 12.1 Å². The van der Waals surface area contributed by atoms with E-state index < -0.39 is 11.7 Å². The molecule has 1 heterocycles. The summed E-state index contributed by atoms with van der Waals surface area (Å²) >= 11 is 0. The Balaban J connectivity index is 2.48. The van der Waals surface area contributed by atoms with Crippen molar-refractivity contribution in [2.24, 2.45) is 0 Å². The van der Waals surface area contributed by atoms with Gasteiger partial charge in [0.25, 0.3) is 0 Å². The van der Waals surface area contributed by atoms with E-state index in [9.17, 15) is 13.2 Å². The monoisotopic (exact) mass is 279 g/mol. The minimum absolute atomic E-state index is 0.0719. The zero-order valence-corrected chi connectivity index (χ0v) is 10.5. The van der Waals surface area contributed by atoms with Gasteiger partial charge >= 0.3 is 6.18 Å². The normalized spacial score (nSPS) is 11.6. The van der Waals surface area contributed by atoms with Crippen LogP contribution in [0.3, 0.4) is 0 Å². The molecular weight excluding hydrogens is 263 g/mol. The largest absolute Gasteiger partial charge is 0.416 e. The molecule has 0 spiro atoms. The molecule has 0 atom stereocenters. The predicted octanol–water partition coefficient (Wildman–Crippen LogP) is 1.76. The first-order valence-electron chi connectivity index (χ1n) is 5.59. The first-order valence-corrected chi connectivity index (χ1v) is 5.59. The van der Waals surface area contributed by atoms with Gasteiger partial charge in [-0.1, -0.05) is 0 Å². The third-order valence-corrected chi connectivity index (χ3v) is 2.16. The lowest BCUT2D eigenvalue weighted by Crippen LogP contribution is -2.14. The second kappa shape index (κ2) is 7.15. The number of methoxy groups -OCH3 is 1. The van der Waals surface area contributed by atoms with Crippen molar-refractivity contribution in [2.75, 3.05) is 44.5 Å². The molecule has 108 valence electrons. The fourth-order valence-corrected chi connectivity index (χ4v) is 1.30. The molecular formula is C11H16F3N3O2. The summed E-state index contributed by atoms with van der Waals surface area (Å²) in [6.07, 6.45) is -4.44. The Morgan fingerprint density at radius 2 is 2.00 bits per heavy atom. The van der Waals surface area contributed by atoms with Crippen molar-refractivity contribution in [3.8, 4) is 0 Å². The molecule has 1 rings (SSSR count). The number of halogens is 3. The molecule has 0 aliphatic rings. The van der Waals surface area contributed by atoms with Crippen LogP contribution in [0.1, 0.15) is 5.56 Å². The minimum Gasteiger partial charge on any atom is -0.384 e. The van der Waals surface area contributed by atoms with Crippen molar-refractivity contribution in [1.29, 1.82) is 0 Å². The van der Waals surface area contributed by atoms with Gasteiger partial charge in [0.05, 0.1) is 25.4 Å². The van der Waals surface area contributed by atoms with E-state index in [-0.39, 0.29) is 11.6 Å². The quantitative estimate of drug-likeness (QED) is 0.744. The summed E-state index contributed by atoms with van der Waals surface area (Å²) in [5.74, 6) is -0.111. The van der Waals surface area contributed by atoms with Crippen molar-refractivity contribution in [2.45, 2.75) is 6.18 Å². The van der Waals surface area contributed by atoms with Crippen molar-refractivity contribution < 1.29 is 22.6 Å². The van der Waals surface area contributed by atoms with Gasteiger partial charge in [0, 0.05) is 13.7 Å².